The van der Waals surface area contributed by atoms with E-state index in [9.17, 15) is 0 Å². The maximum atomic E-state index is 6.11. The van der Waals surface area contributed by atoms with Crippen molar-refractivity contribution in [3.8, 4) is 0 Å². The Morgan fingerprint density at radius 3 is 2.65 bits per heavy atom. The molecule has 1 aromatic heterocycles. The standard InChI is InChI=1S/C28H42N6/c1-9-19(6)26(23-14-15-30-17-22(23)16-29)32-28-25(11-3)34-21(8)13-12-20(7)31-27(34)24(10-2)33(28)18(4)5/h11,13-15,17-18,20,24H,9-10,12,16,29H2,1-8H3. The second kappa shape index (κ2) is 11.1. The van der Waals surface area contributed by atoms with Gasteiger partial charge < -0.3 is 10.6 Å². The van der Waals surface area contributed by atoms with E-state index in [-0.39, 0.29) is 18.1 Å². The van der Waals surface area contributed by atoms with Crippen molar-refractivity contribution in [3.63, 3.8) is 0 Å². The van der Waals surface area contributed by atoms with Crippen molar-refractivity contribution in [2.24, 2.45) is 15.7 Å². The van der Waals surface area contributed by atoms with Crippen LogP contribution in [0.1, 0.15) is 85.8 Å². The highest BCUT2D eigenvalue weighted by atomic mass is 15.4. The number of allylic oxidation sites excluding steroid dienone is 3. The van der Waals surface area contributed by atoms with E-state index in [2.05, 4.69) is 82.3 Å². The second-order valence-electron chi connectivity index (χ2n) is 9.51. The highest BCUT2D eigenvalue weighted by Crippen LogP contribution is 2.35. The van der Waals surface area contributed by atoms with Crippen molar-refractivity contribution in [2.45, 2.75) is 99.3 Å². The average molecular weight is 463 g/mol. The van der Waals surface area contributed by atoms with Gasteiger partial charge >= 0.3 is 0 Å². The third-order valence-electron chi connectivity index (χ3n) is 6.78. The van der Waals surface area contributed by atoms with E-state index in [0.29, 0.717) is 6.54 Å². The number of aromatic nitrogens is 1. The largest absolute Gasteiger partial charge is 0.342 e. The van der Waals surface area contributed by atoms with Gasteiger partial charge in [-0.3, -0.25) is 14.9 Å². The van der Waals surface area contributed by atoms with Gasteiger partial charge in [-0.2, -0.15) is 0 Å². The van der Waals surface area contributed by atoms with Gasteiger partial charge in [-0.1, -0.05) is 26.0 Å². The first-order valence-electron chi connectivity index (χ1n) is 12.7. The van der Waals surface area contributed by atoms with E-state index < -0.39 is 0 Å². The summed E-state index contributed by atoms with van der Waals surface area (Å²) in [5.74, 6) is 2.12. The van der Waals surface area contributed by atoms with Gasteiger partial charge in [-0.15, -0.1) is 0 Å². The lowest BCUT2D eigenvalue weighted by atomic mass is 9.99. The van der Waals surface area contributed by atoms with Crippen LogP contribution in [0.25, 0.3) is 5.70 Å². The molecule has 2 aliphatic heterocycles. The van der Waals surface area contributed by atoms with Crippen LogP contribution in [0.4, 0.5) is 0 Å². The van der Waals surface area contributed by atoms with E-state index in [4.69, 9.17) is 15.7 Å². The zero-order valence-corrected chi connectivity index (χ0v) is 22.3. The molecule has 2 unspecified atom stereocenters. The van der Waals surface area contributed by atoms with Crippen LogP contribution in [0.3, 0.4) is 0 Å². The first-order valence-corrected chi connectivity index (χ1v) is 12.7. The fourth-order valence-electron chi connectivity index (χ4n) is 4.84. The highest BCUT2D eigenvalue weighted by Gasteiger charge is 2.41. The van der Waals surface area contributed by atoms with Crippen molar-refractivity contribution in [2.75, 3.05) is 0 Å². The van der Waals surface area contributed by atoms with Gasteiger partial charge in [0, 0.05) is 36.2 Å². The summed E-state index contributed by atoms with van der Waals surface area (Å²) < 4.78 is 0. The topological polar surface area (TPSA) is 70.1 Å². The smallest absolute Gasteiger partial charge is 0.154 e. The minimum atomic E-state index is 0.154. The number of aliphatic imine (C=N–C) groups is 2. The molecule has 0 aromatic carbocycles. The number of rotatable bonds is 6. The molecule has 1 aromatic rings. The van der Waals surface area contributed by atoms with E-state index in [0.717, 1.165) is 53.5 Å². The van der Waals surface area contributed by atoms with Gasteiger partial charge in [-0.05, 0) is 78.0 Å². The Hall–Kier alpha value is -2.73. The summed E-state index contributed by atoms with van der Waals surface area (Å²) >= 11 is 0. The minimum absolute atomic E-state index is 0.154. The van der Waals surface area contributed by atoms with E-state index >= 15 is 0 Å². The first-order chi connectivity index (χ1) is 16.3. The van der Waals surface area contributed by atoms with Crippen LogP contribution in [0.15, 0.2) is 57.6 Å². The second-order valence-corrected chi connectivity index (χ2v) is 9.51. The maximum Gasteiger partial charge on any atom is 0.154 e. The molecule has 2 atom stereocenters. The molecule has 1 saturated heterocycles. The summed E-state index contributed by atoms with van der Waals surface area (Å²) in [5, 5.41) is 0. The Morgan fingerprint density at radius 1 is 1.32 bits per heavy atom. The molecule has 6 heteroatoms. The quantitative estimate of drug-likeness (QED) is 0.573. The molecule has 3 heterocycles. The van der Waals surface area contributed by atoms with Crippen molar-refractivity contribution in [3.05, 3.63) is 58.7 Å². The van der Waals surface area contributed by atoms with E-state index in [1.54, 1.807) is 0 Å². The van der Waals surface area contributed by atoms with Crippen LogP contribution in [0.2, 0.25) is 0 Å². The zero-order valence-electron chi connectivity index (χ0n) is 22.3. The molecule has 0 spiro atoms. The lowest BCUT2D eigenvalue weighted by Crippen LogP contribution is -2.60. The summed E-state index contributed by atoms with van der Waals surface area (Å²) in [6, 6.07) is 2.72. The fraction of sp³-hybridized carbons (Fsp3) is 0.536. The van der Waals surface area contributed by atoms with Gasteiger partial charge in [0.05, 0.1) is 23.5 Å². The summed E-state index contributed by atoms with van der Waals surface area (Å²) in [7, 11) is 0. The Labute approximate surface area is 206 Å². The third kappa shape index (κ3) is 4.88. The van der Waals surface area contributed by atoms with Crippen molar-refractivity contribution in [1.29, 1.82) is 0 Å². The van der Waals surface area contributed by atoms with E-state index in [1.807, 2.05) is 18.5 Å². The van der Waals surface area contributed by atoms with Crippen molar-refractivity contribution < 1.29 is 0 Å². The lowest BCUT2D eigenvalue weighted by molar-refractivity contribution is 0.277. The molecular formula is C28H42N6. The molecular weight excluding hydrogens is 420 g/mol. The Balaban J connectivity index is 2.33. The van der Waals surface area contributed by atoms with Crippen LogP contribution in [0, 0.1) is 0 Å². The monoisotopic (exact) mass is 462 g/mol. The Morgan fingerprint density at radius 2 is 2.06 bits per heavy atom. The summed E-state index contributed by atoms with van der Waals surface area (Å²) in [6.45, 7) is 18.0. The zero-order chi connectivity index (χ0) is 25.0. The van der Waals surface area contributed by atoms with Crippen LogP contribution in [0.5, 0.6) is 0 Å². The molecule has 0 radical (unpaired) electrons. The molecule has 0 saturated carbocycles. The predicted molar refractivity (Wildman–Crippen MR) is 144 cm³/mol. The van der Waals surface area contributed by atoms with Crippen molar-refractivity contribution >= 4 is 17.4 Å². The minimum Gasteiger partial charge on any atom is -0.342 e. The molecule has 0 amide bonds. The van der Waals surface area contributed by atoms with Gasteiger partial charge in [0.1, 0.15) is 5.84 Å². The van der Waals surface area contributed by atoms with Crippen LogP contribution >= 0.6 is 0 Å². The SMILES string of the molecule is CC=C1C(=NC(=C(C)CC)c2ccncc2CN)N(C(C)C)C(CC)C2=NC(C)CC=C(C)N12. The predicted octanol–water partition coefficient (Wildman–Crippen LogP) is 5.88. The molecule has 0 aliphatic carbocycles. The average Bonchev–Trinajstić information content (AvgIpc) is 2.98. The number of hydrogen-bond acceptors (Lipinski definition) is 5. The molecule has 34 heavy (non-hydrogen) atoms. The van der Waals surface area contributed by atoms with Gasteiger partial charge in [0.15, 0.2) is 5.84 Å². The van der Waals surface area contributed by atoms with Crippen LogP contribution in [-0.4, -0.2) is 44.6 Å². The molecule has 0 bridgehead atoms. The van der Waals surface area contributed by atoms with Gasteiger partial charge in [0.25, 0.3) is 0 Å². The van der Waals surface area contributed by atoms with Crippen LogP contribution in [-0.2, 0) is 6.54 Å². The highest BCUT2D eigenvalue weighted by molar-refractivity contribution is 6.11. The fourth-order valence-corrected chi connectivity index (χ4v) is 4.84. The number of fused-ring (bicyclic) bond motifs is 1. The van der Waals surface area contributed by atoms with Crippen molar-refractivity contribution in [1.82, 2.24) is 14.8 Å². The number of pyridine rings is 1. The number of hydrogen-bond donors (Lipinski definition) is 1. The normalized spacial score (nSPS) is 24.2. The van der Waals surface area contributed by atoms with Crippen LogP contribution < -0.4 is 5.73 Å². The van der Waals surface area contributed by atoms with Gasteiger partial charge in [0.2, 0.25) is 0 Å². The molecule has 184 valence electrons. The number of nitrogens with two attached hydrogens (primary N) is 1. The third-order valence-corrected chi connectivity index (χ3v) is 6.78. The Kier molecular flexibility index (Phi) is 8.47. The van der Waals surface area contributed by atoms with E-state index in [1.165, 1.54) is 11.3 Å². The number of piperazine rings is 1. The molecule has 1 fully saturated rings. The summed E-state index contributed by atoms with van der Waals surface area (Å²) in [4.78, 5) is 19.8. The number of nitrogens with zero attached hydrogens (tertiary/aromatic N) is 5. The molecule has 3 rings (SSSR count). The molecule has 2 aliphatic rings. The summed E-state index contributed by atoms with van der Waals surface area (Å²) in [5.41, 5.74) is 12.7. The maximum absolute atomic E-state index is 6.11. The Bertz CT molecular complexity index is 1040. The first kappa shape index (κ1) is 25.9. The lowest BCUT2D eigenvalue weighted by Gasteiger charge is -2.48. The van der Waals surface area contributed by atoms with Gasteiger partial charge in [-0.25, -0.2) is 4.99 Å². The number of amidine groups is 2. The molecule has 6 nitrogen and oxygen atoms in total. The molecule has 2 N–H and O–H groups in total. The summed E-state index contributed by atoms with van der Waals surface area (Å²) in [6.07, 6.45) is 11.0.